The molecule has 0 radical (unpaired) electrons. The van der Waals surface area contributed by atoms with Crippen molar-refractivity contribution in [3.05, 3.63) is 53.4 Å². The molecule has 0 fully saturated rings. The highest BCUT2D eigenvalue weighted by Crippen LogP contribution is 2.28. The topological polar surface area (TPSA) is 35.0 Å². The number of aromatic nitrogens is 2. The second-order valence-electron chi connectivity index (χ2n) is 5.90. The molecule has 2 rings (SSSR count). The molecule has 26 heavy (non-hydrogen) atoms. The zero-order valence-corrected chi connectivity index (χ0v) is 14.2. The van der Waals surface area contributed by atoms with Crippen molar-refractivity contribution in [3.8, 4) is 5.75 Å². The van der Waals surface area contributed by atoms with E-state index in [1.165, 1.54) is 0 Å². The Morgan fingerprint density at radius 3 is 2.15 bits per heavy atom. The second kappa shape index (κ2) is 8.91. The molecule has 0 unspecified atom stereocenters. The first-order valence-corrected chi connectivity index (χ1v) is 8.32. The van der Waals surface area contributed by atoms with Gasteiger partial charge in [0.1, 0.15) is 11.6 Å². The van der Waals surface area contributed by atoms with Gasteiger partial charge in [0, 0.05) is 30.9 Å². The number of halogens is 5. The molecule has 0 N–H and O–H groups in total. The zero-order chi connectivity index (χ0) is 19.2. The standard InChI is InChI=1S/C18H19F5N2O/c1-2-3-4-5-12-10-24-16(25-11-12)6-7-18(22,23)26-13-8-14(19)17(21)15(20)9-13/h8-11H,2-7H2,1H3. The summed E-state index contributed by atoms with van der Waals surface area (Å²) < 4.78 is 70.9. The smallest absolute Gasteiger partial charge is 0.398 e. The van der Waals surface area contributed by atoms with Crippen molar-refractivity contribution in [2.75, 3.05) is 0 Å². The Morgan fingerprint density at radius 1 is 0.962 bits per heavy atom. The van der Waals surface area contributed by atoms with Crippen molar-refractivity contribution >= 4 is 0 Å². The number of nitrogens with zero attached hydrogens (tertiary/aromatic N) is 2. The van der Waals surface area contributed by atoms with Gasteiger partial charge < -0.3 is 4.74 Å². The third kappa shape index (κ3) is 5.93. The molecule has 1 aromatic heterocycles. The van der Waals surface area contributed by atoms with Gasteiger partial charge in [-0.15, -0.1) is 0 Å². The van der Waals surface area contributed by atoms with E-state index in [1.807, 2.05) is 0 Å². The van der Waals surface area contributed by atoms with Gasteiger partial charge in [-0.2, -0.15) is 8.78 Å². The average molecular weight is 374 g/mol. The molecule has 0 saturated heterocycles. The van der Waals surface area contributed by atoms with Crippen LogP contribution >= 0.6 is 0 Å². The number of aryl methyl sites for hydroxylation is 2. The third-order valence-electron chi connectivity index (χ3n) is 3.69. The zero-order valence-electron chi connectivity index (χ0n) is 14.2. The average Bonchev–Trinajstić information content (AvgIpc) is 2.59. The summed E-state index contributed by atoms with van der Waals surface area (Å²) in [6, 6.07) is 0.738. The molecule has 8 heteroatoms. The Kier molecular flexibility index (Phi) is 6.88. The summed E-state index contributed by atoms with van der Waals surface area (Å²) in [5, 5.41) is 0. The number of rotatable bonds is 9. The van der Waals surface area contributed by atoms with E-state index in [4.69, 9.17) is 0 Å². The number of unbranched alkanes of at least 4 members (excludes halogenated alkanes) is 2. The van der Waals surface area contributed by atoms with Crippen LogP contribution in [0.3, 0.4) is 0 Å². The molecular weight excluding hydrogens is 355 g/mol. The lowest BCUT2D eigenvalue weighted by Gasteiger charge is -2.18. The summed E-state index contributed by atoms with van der Waals surface area (Å²) in [4.78, 5) is 8.08. The molecule has 142 valence electrons. The normalized spacial score (nSPS) is 11.6. The van der Waals surface area contributed by atoms with Gasteiger partial charge >= 0.3 is 6.11 Å². The number of hydrogen-bond acceptors (Lipinski definition) is 3. The number of alkyl halides is 2. The van der Waals surface area contributed by atoms with Crippen LogP contribution in [0.15, 0.2) is 24.5 Å². The fraction of sp³-hybridized carbons (Fsp3) is 0.444. The monoisotopic (exact) mass is 374 g/mol. The maximum Gasteiger partial charge on any atom is 0.398 e. The molecule has 0 atom stereocenters. The van der Waals surface area contributed by atoms with Crippen LogP contribution in [0.2, 0.25) is 0 Å². The molecule has 0 amide bonds. The van der Waals surface area contributed by atoms with E-state index < -0.39 is 35.7 Å². The Balaban J connectivity index is 1.91. The van der Waals surface area contributed by atoms with E-state index in [9.17, 15) is 22.0 Å². The van der Waals surface area contributed by atoms with E-state index in [0.717, 1.165) is 31.2 Å². The number of hydrogen-bond donors (Lipinski definition) is 0. The minimum absolute atomic E-state index is 0.186. The van der Waals surface area contributed by atoms with Gasteiger partial charge in [0.25, 0.3) is 0 Å². The van der Waals surface area contributed by atoms with Crippen molar-refractivity contribution in [1.82, 2.24) is 9.97 Å². The molecule has 0 aliphatic carbocycles. The van der Waals surface area contributed by atoms with Gasteiger partial charge in [-0.1, -0.05) is 19.8 Å². The first-order chi connectivity index (χ1) is 12.3. The molecule has 0 spiro atoms. The van der Waals surface area contributed by atoms with E-state index >= 15 is 0 Å². The Morgan fingerprint density at radius 2 is 1.58 bits per heavy atom. The molecule has 1 heterocycles. The van der Waals surface area contributed by atoms with Crippen LogP contribution < -0.4 is 4.74 Å². The summed E-state index contributed by atoms with van der Waals surface area (Å²) in [7, 11) is 0. The van der Waals surface area contributed by atoms with Crippen LogP contribution in [0.5, 0.6) is 5.75 Å². The number of benzene rings is 1. The van der Waals surface area contributed by atoms with Gasteiger partial charge in [-0.05, 0) is 18.4 Å². The van der Waals surface area contributed by atoms with Crippen LogP contribution in [-0.2, 0) is 12.8 Å². The summed E-state index contributed by atoms with van der Waals surface area (Å²) in [5.74, 6) is -5.52. The van der Waals surface area contributed by atoms with Gasteiger partial charge in [0.05, 0.1) is 6.42 Å². The van der Waals surface area contributed by atoms with Gasteiger partial charge in [0.15, 0.2) is 17.5 Å². The maximum absolute atomic E-state index is 13.8. The highest BCUT2D eigenvalue weighted by molar-refractivity contribution is 5.25. The van der Waals surface area contributed by atoms with Crippen molar-refractivity contribution < 1.29 is 26.7 Å². The van der Waals surface area contributed by atoms with Gasteiger partial charge in [0.2, 0.25) is 0 Å². The second-order valence-corrected chi connectivity index (χ2v) is 5.90. The SMILES string of the molecule is CCCCCc1cnc(CCC(F)(F)Oc2cc(F)c(F)c(F)c2)nc1. The minimum Gasteiger partial charge on any atom is -0.432 e. The molecule has 0 bridgehead atoms. The lowest BCUT2D eigenvalue weighted by atomic mass is 10.1. The molecule has 0 aliphatic rings. The highest BCUT2D eigenvalue weighted by atomic mass is 19.3. The Hall–Kier alpha value is -2.25. The van der Waals surface area contributed by atoms with E-state index in [0.29, 0.717) is 12.1 Å². The Labute approximate surface area is 148 Å². The maximum atomic E-state index is 13.8. The predicted molar refractivity (Wildman–Crippen MR) is 85.5 cm³/mol. The van der Waals surface area contributed by atoms with Gasteiger partial charge in [-0.3, -0.25) is 0 Å². The van der Waals surface area contributed by atoms with Crippen molar-refractivity contribution in [3.63, 3.8) is 0 Å². The summed E-state index contributed by atoms with van der Waals surface area (Å²) in [5.41, 5.74) is 0.933. The van der Waals surface area contributed by atoms with Gasteiger partial charge in [-0.25, -0.2) is 23.1 Å². The largest absolute Gasteiger partial charge is 0.432 e. The molecule has 3 nitrogen and oxygen atoms in total. The van der Waals surface area contributed by atoms with Crippen molar-refractivity contribution in [1.29, 1.82) is 0 Å². The third-order valence-corrected chi connectivity index (χ3v) is 3.69. The first-order valence-electron chi connectivity index (χ1n) is 8.32. The van der Waals surface area contributed by atoms with Crippen LogP contribution in [0.1, 0.15) is 44.0 Å². The summed E-state index contributed by atoms with van der Waals surface area (Å²) >= 11 is 0. The molecule has 1 aromatic carbocycles. The first kappa shape index (κ1) is 20.1. The lowest BCUT2D eigenvalue weighted by Crippen LogP contribution is -2.26. The summed E-state index contributed by atoms with van der Waals surface area (Å²) in [6.07, 6.45) is 2.54. The Bertz CT molecular complexity index is 699. The minimum atomic E-state index is -3.71. The predicted octanol–water partition coefficient (Wildman–Crippen LogP) is 5.23. The molecule has 0 aliphatic heterocycles. The fourth-order valence-electron chi connectivity index (χ4n) is 2.29. The van der Waals surface area contributed by atoms with E-state index in [1.54, 1.807) is 12.4 Å². The summed E-state index contributed by atoms with van der Waals surface area (Å²) in [6.45, 7) is 2.09. The highest BCUT2D eigenvalue weighted by Gasteiger charge is 2.32. The number of ether oxygens (including phenoxy) is 1. The van der Waals surface area contributed by atoms with Crippen molar-refractivity contribution in [2.45, 2.75) is 51.6 Å². The van der Waals surface area contributed by atoms with Crippen LogP contribution in [0, 0.1) is 17.5 Å². The molecule has 2 aromatic rings. The van der Waals surface area contributed by atoms with Crippen molar-refractivity contribution in [2.24, 2.45) is 0 Å². The molecular formula is C18H19F5N2O. The van der Waals surface area contributed by atoms with Crippen LogP contribution in [0.4, 0.5) is 22.0 Å². The van der Waals surface area contributed by atoms with E-state index in [-0.39, 0.29) is 12.2 Å². The van der Waals surface area contributed by atoms with E-state index in [2.05, 4.69) is 21.6 Å². The fourth-order valence-corrected chi connectivity index (χ4v) is 2.29. The van der Waals surface area contributed by atoms with Crippen LogP contribution in [-0.4, -0.2) is 16.1 Å². The molecule has 0 saturated carbocycles. The quantitative estimate of drug-likeness (QED) is 0.342. The van der Waals surface area contributed by atoms with Crippen LogP contribution in [0.25, 0.3) is 0 Å². The lowest BCUT2D eigenvalue weighted by molar-refractivity contribution is -0.180.